The number of nitrogens with one attached hydrogen (secondary N) is 1. The number of hydrogen-bond acceptors (Lipinski definition) is 7. The quantitative estimate of drug-likeness (QED) is 0.517. The van der Waals surface area contributed by atoms with Crippen molar-refractivity contribution >= 4 is 17.5 Å². The van der Waals surface area contributed by atoms with Crippen molar-refractivity contribution in [2.24, 2.45) is 5.92 Å². The summed E-state index contributed by atoms with van der Waals surface area (Å²) in [5.74, 6) is 0.0414. The molecule has 3 aromatic rings. The zero-order chi connectivity index (χ0) is 27.8. The molecule has 0 unspecified atom stereocenters. The second kappa shape index (κ2) is 13.3. The van der Waals surface area contributed by atoms with E-state index in [0.29, 0.717) is 30.2 Å². The highest BCUT2D eigenvalue weighted by molar-refractivity contribution is 6.04. The molecule has 1 N–H and O–H groups in total. The molecule has 0 fully saturated rings. The smallest absolute Gasteiger partial charge is 0.275 e. The van der Waals surface area contributed by atoms with Crippen LogP contribution in [0, 0.1) is 5.92 Å². The first kappa shape index (κ1) is 28.2. The molecule has 0 aliphatic carbocycles. The van der Waals surface area contributed by atoms with Gasteiger partial charge in [0.2, 0.25) is 0 Å². The van der Waals surface area contributed by atoms with Gasteiger partial charge in [0.1, 0.15) is 18.1 Å². The van der Waals surface area contributed by atoms with Crippen LogP contribution >= 0.6 is 0 Å². The number of ether oxygens (including phenoxy) is 2. The Kier molecular flexibility index (Phi) is 9.62. The summed E-state index contributed by atoms with van der Waals surface area (Å²) in [7, 11) is 3.46. The summed E-state index contributed by atoms with van der Waals surface area (Å²) in [6.45, 7) is 6.84. The summed E-state index contributed by atoms with van der Waals surface area (Å²) in [6, 6.07) is 15.7. The van der Waals surface area contributed by atoms with Crippen molar-refractivity contribution < 1.29 is 19.1 Å². The van der Waals surface area contributed by atoms with Crippen LogP contribution in [0.2, 0.25) is 0 Å². The lowest BCUT2D eigenvalue weighted by molar-refractivity contribution is 0.0109. The average molecular weight is 532 g/mol. The summed E-state index contributed by atoms with van der Waals surface area (Å²) < 4.78 is 12.1. The predicted octanol–water partition coefficient (Wildman–Crippen LogP) is 3.78. The third kappa shape index (κ3) is 7.40. The third-order valence-electron chi connectivity index (χ3n) is 7.16. The minimum atomic E-state index is -0.408. The average Bonchev–Trinajstić information content (AvgIpc) is 2.96. The minimum absolute atomic E-state index is 0.102. The van der Waals surface area contributed by atoms with Crippen molar-refractivity contribution in [1.82, 2.24) is 19.8 Å². The summed E-state index contributed by atoms with van der Waals surface area (Å²) in [4.78, 5) is 38.3. The van der Waals surface area contributed by atoms with Crippen molar-refractivity contribution in [2.75, 3.05) is 45.7 Å². The first-order valence-electron chi connectivity index (χ1n) is 13.3. The molecule has 0 saturated heterocycles. The number of nitrogens with zero attached hydrogens (tertiary/aromatic N) is 4. The fourth-order valence-electron chi connectivity index (χ4n) is 4.77. The standard InChI is InChI=1S/C30H37N5O4/c1-21-18-35(15-12-23-8-6-5-7-9-23)22(2)20-39-27-11-10-24(33-29(36)26-17-31-13-14-32-26)16-25(27)30(37)34(3)19-28(21)38-4/h5-11,13-14,16-17,21-22,28H,12,15,18-20H2,1-4H3,(H,33,36)/t21-,22+,28-/m1/s1. The largest absolute Gasteiger partial charge is 0.491 e. The van der Waals surface area contributed by atoms with Gasteiger partial charge in [0, 0.05) is 57.9 Å². The van der Waals surface area contributed by atoms with Gasteiger partial charge in [0.05, 0.1) is 17.9 Å². The monoisotopic (exact) mass is 531 g/mol. The van der Waals surface area contributed by atoms with E-state index in [-0.39, 0.29) is 29.7 Å². The summed E-state index contributed by atoms with van der Waals surface area (Å²) >= 11 is 0. The summed E-state index contributed by atoms with van der Waals surface area (Å²) in [6.07, 6.45) is 5.13. The first-order chi connectivity index (χ1) is 18.9. The number of benzene rings is 2. The normalized spacial score (nSPS) is 20.8. The van der Waals surface area contributed by atoms with Crippen molar-refractivity contribution in [3.05, 3.63) is 83.9 Å². The van der Waals surface area contributed by atoms with E-state index in [2.05, 4.69) is 58.3 Å². The number of carbonyl (C=O) groups is 2. The summed E-state index contributed by atoms with van der Waals surface area (Å²) in [5, 5.41) is 2.80. The third-order valence-corrected chi connectivity index (χ3v) is 7.16. The van der Waals surface area contributed by atoms with Crippen molar-refractivity contribution in [3.63, 3.8) is 0 Å². The zero-order valence-electron chi connectivity index (χ0n) is 23.0. The number of anilines is 1. The van der Waals surface area contributed by atoms with E-state index in [0.717, 1.165) is 19.5 Å². The van der Waals surface area contributed by atoms with Gasteiger partial charge in [0.25, 0.3) is 11.8 Å². The van der Waals surface area contributed by atoms with Gasteiger partial charge in [0.15, 0.2) is 0 Å². The Labute approximate surface area is 230 Å². The lowest BCUT2D eigenvalue weighted by Crippen LogP contribution is -2.47. The minimum Gasteiger partial charge on any atom is -0.491 e. The van der Waals surface area contributed by atoms with E-state index < -0.39 is 5.91 Å². The maximum Gasteiger partial charge on any atom is 0.275 e. The molecule has 0 saturated carbocycles. The molecule has 1 aliphatic heterocycles. The first-order valence-corrected chi connectivity index (χ1v) is 13.3. The van der Waals surface area contributed by atoms with Gasteiger partial charge in [-0.05, 0) is 43.0 Å². The van der Waals surface area contributed by atoms with E-state index in [9.17, 15) is 9.59 Å². The van der Waals surface area contributed by atoms with Crippen LogP contribution in [0.15, 0.2) is 67.1 Å². The maximum atomic E-state index is 13.6. The lowest BCUT2D eigenvalue weighted by atomic mass is 10.0. The number of amides is 2. The Hall–Kier alpha value is -3.82. The van der Waals surface area contributed by atoms with Gasteiger partial charge in [-0.15, -0.1) is 0 Å². The molecule has 3 atom stereocenters. The number of methoxy groups -OCH3 is 1. The molecule has 2 amide bonds. The van der Waals surface area contributed by atoms with Gasteiger partial charge in [-0.1, -0.05) is 37.3 Å². The SMILES string of the molecule is CO[C@@H]1CN(C)C(=O)c2cc(NC(=O)c3cnccn3)ccc2OC[C@H](C)N(CCc2ccccc2)C[C@H]1C. The van der Waals surface area contributed by atoms with Crippen LogP contribution in [0.1, 0.15) is 40.3 Å². The van der Waals surface area contributed by atoms with Gasteiger partial charge in [-0.3, -0.25) is 19.5 Å². The molecule has 2 heterocycles. The van der Waals surface area contributed by atoms with Gasteiger partial charge in [-0.25, -0.2) is 4.98 Å². The molecule has 206 valence electrons. The van der Waals surface area contributed by atoms with Crippen LogP contribution in [0.4, 0.5) is 5.69 Å². The van der Waals surface area contributed by atoms with Gasteiger partial charge in [-0.2, -0.15) is 0 Å². The summed E-state index contributed by atoms with van der Waals surface area (Å²) in [5.41, 5.74) is 2.32. The van der Waals surface area contributed by atoms with E-state index >= 15 is 0 Å². The topological polar surface area (TPSA) is 96.9 Å². The fraction of sp³-hybridized carbons (Fsp3) is 0.400. The van der Waals surface area contributed by atoms with Crippen LogP contribution in [0.5, 0.6) is 5.75 Å². The molecule has 9 heteroatoms. The lowest BCUT2D eigenvalue weighted by Gasteiger charge is -2.36. The van der Waals surface area contributed by atoms with E-state index in [4.69, 9.17) is 9.47 Å². The van der Waals surface area contributed by atoms with E-state index in [1.165, 1.54) is 24.2 Å². The molecule has 1 aliphatic rings. The van der Waals surface area contributed by atoms with Crippen molar-refractivity contribution in [1.29, 1.82) is 0 Å². The predicted molar refractivity (Wildman–Crippen MR) is 150 cm³/mol. The molecule has 1 aromatic heterocycles. The maximum absolute atomic E-state index is 13.6. The van der Waals surface area contributed by atoms with Crippen LogP contribution in [0.25, 0.3) is 0 Å². The number of carbonyl (C=O) groups excluding carboxylic acids is 2. The molecule has 4 rings (SSSR count). The molecule has 9 nitrogen and oxygen atoms in total. The number of likely N-dealkylation sites (N-methyl/N-ethyl adjacent to an activating group) is 1. The van der Waals surface area contributed by atoms with Crippen molar-refractivity contribution in [2.45, 2.75) is 32.4 Å². The number of aromatic nitrogens is 2. The van der Waals surface area contributed by atoms with Gasteiger partial charge < -0.3 is 19.7 Å². The highest BCUT2D eigenvalue weighted by Crippen LogP contribution is 2.27. The molecule has 0 radical (unpaired) electrons. The fourth-order valence-corrected chi connectivity index (χ4v) is 4.77. The van der Waals surface area contributed by atoms with Crippen molar-refractivity contribution in [3.8, 4) is 5.75 Å². The van der Waals surface area contributed by atoms with Crippen LogP contribution in [0.3, 0.4) is 0 Å². The van der Waals surface area contributed by atoms with Crippen LogP contribution < -0.4 is 10.1 Å². The molecule has 2 aromatic carbocycles. The second-order valence-electron chi connectivity index (χ2n) is 10.1. The Morgan fingerprint density at radius 2 is 1.92 bits per heavy atom. The highest BCUT2D eigenvalue weighted by Gasteiger charge is 2.28. The number of rotatable bonds is 6. The molecular formula is C30H37N5O4. The van der Waals surface area contributed by atoms with Crippen LogP contribution in [-0.2, 0) is 11.2 Å². The zero-order valence-corrected chi connectivity index (χ0v) is 23.0. The number of fused-ring (bicyclic) bond motifs is 1. The Morgan fingerprint density at radius 1 is 1.13 bits per heavy atom. The Balaban J connectivity index is 1.58. The van der Waals surface area contributed by atoms with Crippen LogP contribution in [-0.4, -0.2) is 84.1 Å². The van der Waals surface area contributed by atoms with Gasteiger partial charge >= 0.3 is 0 Å². The second-order valence-corrected chi connectivity index (χ2v) is 10.1. The Morgan fingerprint density at radius 3 is 2.64 bits per heavy atom. The molecule has 0 spiro atoms. The Bertz CT molecular complexity index is 1240. The highest BCUT2D eigenvalue weighted by atomic mass is 16.5. The van der Waals surface area contributed by atoms with E-state index in [1.807, 2.05) is 6.07 Å². The van der Waals surface area contributed by atoms with E-state index in [1.54, 1.807) is 37.3 Å². The molecule has 39 heavy (non-hydrogen) atoms. The molecule has 0 bridgehead atoms. The molecular weight excluding hydrogens is 494 g/mol. The number of hydrogen-bond donors (Lipinski definition) is 1.